The van der Waals surface area contributed by atoms with E-state index in [-0.39, 0.29) is 5.41 Å². The first-order valence-electron chi connectivity index (χ1n) is 48.0. The lowest BCUT2D eigenvalue weighted by Gasteiger charge is -2.22. The molecular weight excluding hydrogens is 1680 g/mol. The molecule has 23 aromatic carbocycles. The molecular formula is C132H83N7. The van der Waals surface area contributed by atoms with Gasteiger partial charge in [0, 0.05) is 89.8 Å². The molecule has 0 bridgehead atoms. The van der Waals surface area contributed by atoms with E-state index in [2.05, 4.69) is 478 Å². The lowest BCUT2D eigenvalue weighted by Crippen LogP contribution is -2.14. The minimum atomic E-state index is -0.0286. The van der Waals surface area contributed by atoms with Crippen LogP contribution in [0.1, 0.15) is 25.0 Å². The molecule has 0 unspecified atom stereocenters. The van der Waals surface area contributed by atoms with E-state index in [0.29, 0.717) is 0 Å². The maximum Gasteiger partial charge on any atom is 0.0724 e. The first-order valence-corrected chi connectivity index (χ1v) is 48.0. The van der Waals surface area contributed by atoms with E-state index in [1.807, 2.05) is 37.2 Å². The molecule has 7 heteroatoms. The Morgan fingerprint density at radius 1 is 0.165 bits per heavy atom. The van der Waals surface area contributed by atoms with Crippen LogP contribution in [0.25, 0.3) is 274 Å². The maximum absolute atomic E-state index is 4.55. The second-order valence-electron chi connectivity index (χ2n) is 38.0. The molecule has 7 aromatic heterocycles. The molecule has 0 fully saturated rings. The van der Waals surface area contributed by atoms with Crippen molar-refractivity contribution in [3.63, 3.8) is 0 Å². The van der Waals surface area contributed by atoms with Crippen LogP contribution in [0.15, 0.2) is 468 Å². The third-order valence-corrected chi connectivity index (χ3v) is 30.3. The highest BCUT2D eigenvalue weighted by Crippen LogP contribution is 2.54. The number of hydrogen-bond donors (Lipinski definition) is 0. The highest BCUT2D eigenvalue weighted by molar-refractivity contribution is 6.38. The quantitative estimate of drug-likeness (QED) is 0.135. The largest absolute Gasteiger partial charge is 0.309 e. The summed E-state index contributed by atoms with van der Waals surface area (Å²) in [5, 5.41) is 33.3. The van der Waals surface area contributed by atoms with Crippen LogP contribution in [-0.4, -0.2) is 33.2 Å². The molecule has 1 aliphatic carbocycles. The van der Waals surface area contributed by atoms with E-state index < -0.39 is 0 Å². The van der Waals surface area contributed by atoms with Gasteiger partial charge in [-0.2, -0.15) is 0 Å². The molecule has 0 aliphatic heterocycles. The molecule has 0 atom stereocenters. The van der Waals surface area contributed by atoms with Crippen molar-refractivity contribution < 1.29 is 0 Å². The summed E-state index contributed by atoms with van der Waals surface area (Å²) in [4.78, 5) is 13.6. The highest BCUT2D eigenvalue weighted by Gasteiger charge is 2.36. The van der Waals surface area contributed by atoms with Crippen molar-refractivity contribution in [2.75, 3.05) is 0 Å². The Hall–Kier alpha value is -18.2. The molecule has 0 radical (unpaired) electrons. The lowest BCUT2D eigenvalue weighted by molar-refractivity contribution is 0.660. The first-order chi connectivity index (χ1) is 68.7. The Labute approximate surface area is 799 Å². The lowest BCUT2D eigenvalue weighted by atomic mass is 9.81. The van der Waals surface area contributed by atoms with Gasteiger partial charge in [-0.05, 0) is 302 Å². The summed E-state index contributed by atoms with van der Waals surface area (Å²) in [6, 6.07) is 158. The van der Waals surface area contributed by atoms with Gasteiger partial charge in [0.05, 0.1) is 62.7 Å². The Morgan fingerprint density at radius 3 is 0.921 bits per heavy atom. The number of aromatic nitrogens is 7. The molecule has 646 valence electrons. The van der Waals surface area contributed by atoms with E-state index in [1.54, 1.807) is 0 Å². The van der Waals surface area contributed by atoms with Gasteiger partial charge in [-0.15, -0.1) is 0 Å². The Balaban J connectivity index is 0.000000100. The van der Waals surface area contributed by atoms with Gasteiger partial charge in [-0.1, -0.05) is 317 Å². The van der Waals surface area contributed by atoms with E-state index in [4.69, 9.17) is 0 Å². The summed E-state index contributed by atoms with van der Waals surface area (Å²) in [6.45, 7) is 4.72. The standard InChI is InChI=1S/C45H27N3.C45H28N2.C42H28N2/c1-3-9-31(10-4-1)47-39-14-8-7-13-34(39)38-25-29(18-22-40(38)47)33-19-15-28-16-21-37-44-30(17-20-35(33)43(28)44)26-41-45(37)36-23-24-46-27-42(36)48(41)32-11-5-2-6-12-32;1-4-10-29(11-5-1)33-24-34(30-12-6-2-7-13-30)26-35(25-33)37-19-16-31-17-21-40-44-32(18-20-38(37)43(31)44)27-41-45(40)39-22-23-46-28-42(39)47(41)36-14-8-3-9-15-36;1-42(2)35-11-7-6-10-30(35)31-17-14-26(22-36(31)42)29-16-12-25-13-19-34-40-27(15-18-32(29)39(25)40)23-37-41(34)33-20-21-43-24-38(33)44(37)28-8-4-3-5-9-28/h1-27H;1-28H;3-24H,1-2H3. The molecule has 139 heavy (non-hydrogen) atoms. The zero-order chi connectivity index (χ0) is 91.4. The number of nitrogens with zero attached hydrogens (tertiary/aromatic N) is 7. The van der Waals surface area contributed by atoms with E-state index in [0.717, 1.165) is 33.6 Å². The third kappa shape index (κ3) is 11.8. The zero-order valence-electron chi connectivity index (χ0n) is 76.1. The molecule has 0 saturated carbocycles. The van der Waals surface area contributed by atoms with Crippen molar-refractivity contribution in [2.45, 2.75) is 19.3 Å². The number of hydrogen-bond acceptors (Lipinski definition) is 3. The van der Waals surface area contributed by atoms with E-state index in [1.165, 1.54) is 251 Å². The Bertz CT molecular complexity index is 10200. The average molecular weight is 1770 g/mol. The molecule has 0 amide bonds. The van der Waals surface area contributed by atoms with E-state index >= 15 is 0 Å². The smallest absolute Gasteiger partial charge is 0.0724 e. The summed E-state index contributed by atoms with van der Waals surface area (Å²) < 4.78 is 9.46. The number of para-hydroxylation sites is 5. The molecule has 0 saturated heterocycles. The highest BCUT2D eigenvalue weighted by atomic mass is 15.0. The first kappa shape index (κ1) is 78.3. The van der Waals surface area contributed by atoms with Crippen molar-refractivity contribution in [3.05, 3.63) is 479 Å². The van der Waals surface area contributed by atoms with Crippen molar-refractivity contribution in [2.24, 2.45) is 0 Å². The summed E-state index contributed by atoms with van der Waals surface area (Å²) in [6.07, 6.45) is 11.7. The number of benzene rings is 23. The maximum atomic E-state index is 4.55. The van der Waals surface area contributed by atoms with Gasteiger partial charge in [0.1, 0.15) is 0 Å². The average Bonchev–Trinajstić information content (AvgIpc) is 1.61. The summed E-state index contributed by atoms with van der Waals surface area (Å²) in [7, 11) is 0. The molecule has 1 aliphatic rings. The predicted molar refractivity (Wildman–Crippen MR) is 586 cm³/mol. The third-order valence-electron chi connectivity index (χ3n) is 30.3. The van der Waals surface area contributed by atoms with E-state index in [9.17, 15) is 0 Å². The van der Waals surface area contributed by atoms with Crippen molar-refractivity contribution >= 4 is 184 Å². The van der Waals surface area contributed by atoms with Gasteiger partial charge >= 0.3 is 0 Å². The fourth-order valence-electron chi connectivity index (χ4n) is 24.2. The predicted octanol–water partition coefficient (Wildman–Crippen LogP) is 35.0. The van der Waals surface area contributed by atoms with Gasteiger partial charge in [-0.3, -0.25) is 15.0 Å². The van der Waals surface area contributed by atoms with Gasteiger partial charge in [0.25, 0.3) is 0 Å². The molecule has 0 spiro atoms. The monoisotopic (exact) mass is 1770 g/mol. The van der Waals surface area contributed by atoms with Gasteiger partial charge in [-0.25, -0.2) is 0 Å². The molecule has 0 N–H and O–H groups in total. The van der Waals surface area contributed by atoms with Crippen LogP contribution in [-0.2, 0) is 5.41 Å². The van der Waals surface area contributed by atoms with Gasteiger partial charge < -0.3 is 18.3 Å². The van der Waals surface area contributed by atoms with Crippen molar-refractivity contribution in [1.29, 1.82) is 0 Å². The van der Waals surface area contributed by atoms with Crippen molar-refractivity contribution in [1.82, 2.24) is 33.2 Å². The van der Waals surface area contributed by atoms with Gasteiger partial charge in [0.2, 0.25) is 0 Å². The van der Waals surface area contributed by atoms with Crippen LogP contribution >= 0.6 is 0 Å². The Morgan fingerprint density at radius 2 is 0.482 bits per heavy atom. The van der Waals surface area contributed by atoms with Crippen LogP contribution in [0.5, 0.6) is 0 Å². The molecule has 7 heterocycles. The minimum Gasteiger partial charge on any atom is -0.309 e. The minimum absolute atomic E-state index is 0.0286. The molecule has 30 aromatic rings. The second-order valence-corrected chi connectivity index (χ2v) is 38.0. The van der Waals surface area contributed by atoms with Crippen LogP contribution < -0.4 is 0 Å². The Kier molecular flexibility index (Phi) is 17.1. The number of pyridine rings is 3. The normalized spacial score (nSPS) is 12.6. The summed E-state index contributed by atoms with van der Waals surface area (Å²) >= 11 is 0. The topological polar surface area (TPSA) is 58.4 Å². The number of fused-ring (bicyclic) bond motifs is 18. The van der Waals surface area contributed by atoms with Crippen LogP contribution in [0, 0.1) is 0 Å². The van der Waals surface area contributed by atoms with Crippen LogP contribution in [0.4, 0.5) is 0 Å². The fraction of sp³-hybridized carbons (Fsp3) is 0.0227. The van der Waals surface area contributed by atoms with Crippen molar-refractivity contribution in [3.8, 4) is 89.5 Å². The molecule has 31 rings (SSSR count). The summed E-state index contributed by atoms with van der Waals surface area (Å²) in [5.41, 5.74) is 32.0. The van der Waals surface area contributed by atoms with Crippen LogP contribution in [0.2, 0.25) is 0 Å². The second kappa shape index (κ2) is 30.4. The van der Waals surface area contributed by atoms with Gasteiger partial charge in [0.15, 0.2) is 0 Å². The van der Waals surface area contributed by atoms with Crippen LogP contribution in [0.3, 0.4) is 0 Å². The SMILES string of the molecule is CC1(C)c2ccccc2-c2ccc(-c3ccc4ccc5c6c(ccc3c46)cc3c5c4ccncc4n3-c3ccccc3)cc21.c1ccc(-c2cc(-c3ccccc3)cc(-c3ccc4ccc5c6c(ccc3c46)cc3c5c4ccncc4n3-c3ccccc3)c2)cc1.c1ccc(-n2c3ccccc3c3cc(-c4ccc5ccc6c7c(ccc4c57)cc4c6c5ccncc5n4-c4ccccc4)ccc32)cc1. The zero-order valence-corrected chi connectivity index (χ0v) is 76.1. The molecule has 7 nitrogen and oxygen atoms in total. The number of rotatable bonds is 9. The fourth-order valence-corrected chi connectivity index (χ4v) is 24.2. The summed E-state index contributed by atoms with van der Waals surface area (Å²) in [5.74, 6) is 0.